The van der Waals surface area contributed by atoms with Gasteiger partial charge in [-0.2, -0.15) is 0 Å². The number of carbonyl (C=O) groups is 1. The predicted octanol–water partition coefficient (Wildman–Crippen LogP) is 0.121. The molecule has 1 amide bonds. The van der Waals surface area contributed by atoms with Gasteiger partial charge in [-0.05, 0) is 0 Å². The Morgan fingerprint density at radius 3 is 2.62 bits per heavy atom. The lowest BCUT2D eigenvalue weighted by Crippen LogP contribution is -2.19. The zero-order valence-corrected chi connectivity index (χ0v) is 7.57. The van der Waals surface area contributed by atoms with Crippen molar-refractivity contribution < 1.29 is 9.53 Å². The van der Waals surface area contributed by atoms with Crippen LogP contribution < -0.4 is 10.1 Å². The molecular weight excluding hydrogens is 170 g/mol. The van der Waals surface area contributed by atoms with E-state index in [0.717, 1.165) is 5.56 Å². The van der Waals surface area contributed by atoms with E-state index in [-0.39, 0.29) is 5.91 Å². The van der Waals surface area contributed by atoms with E-state index >= 15 is 0 Å². The lowest BCUT2D eigenvalue weighted by atomic mass is 10.3. The smallest absolute Gasteiger partial charge is 0.316 e. The number of hydrogen-bond donors (Lipinski definition) is 1. The third-order valence-electron chi connectivity index (χ3n) is 1.41. The van der Waals surface area contributed by atoms with E-state index in [1.807, 2.05) is 0 Å². The van der Waals surface area contributed by atoms with Crippen molar-refractivity contribution in [1.29, 1.82) is 0 Å². The number of nitrogens with one attached hydrogen (secondary N) is 1. The van der Waals surface area contributed by atoms with Crippen LogP contribution in [0.1, 0.15) is 12.5 Å². The van der Waals surface area contributed by atoms with Crippen molar-refractivity contribution in [3.63, 3.8) is 0 Å². The summed E-state index contributed by atoms with van der Waals surface area (Å²) in [7, 11) is 1.50. The summed E-state index contributed by atoms with van der Waals surface area (Å²) in [5.41, 5.74) is 0.844. The number of hydrogen-bond acceptors (Lipinski definition) is 4. The Hall–Kier alpha value is -1.65. The van der Waals surface area contributed by atoms with E-state index in [0.29, 0.717) is 12.6 Å². The van der Waals surface area contributed by atoms with Gasteiger partial charge in [0.2, 0.25) is 5.91 Å². The quantitative estimate of drug-likeness (QED) is 0.719. The van der Waals surface area contributed by atoms with Gasteiger partial charge >= 0.3 is 6.01 Å². The molecule has 0 saturated heterocycles. The van der Waals surface area contributed by atoms with E-state index in [2.05, 4.69) is 15.3 Å². The second-order valence-electron chi connectivity index (χ2n) is 2.49. The molecule has 1 N–H and O–H groups in total. The van der Waals surface area contributed by atoms with Crippen LogP contribution in [0.25, 0.3) is 0 Å². The highest BCUT2D eigenvalue weighted by molar-refractivity contribution is 5.72. The fourth-order valence-corrected chi connectivity index (χ4v) is 0.766. The van der Waals surface area contributed by atoms with Crippen LogP contribution in [-0.4, -0.2) is 23.0 Å². The van der Waals surface area contributed by atoms with Crippen LogP contribution in [0.15, 0.2) is 12.4 Å². The average Bonchev–Trinajstić information content (AvgIpc) is 2.15. The Labute approximate surface area is 76.2 Å². The van der Waals surface area contributed by atoms with Crippen LogP contribution in [0.5, 0.6) is 6.01 Å². The molecule has 1 heterocycles. The summed E-state index contributed by atoms with van der Waals surface area (Å²) in [5.74, 6) is -0.0733. The molecule has 0 aromatic carbocycles. The number of ether oxygens (including phenoxy) is 1. The molecule has 0 bridgehead atoms. The van der Waals surface area contributed by atoms with Gasteiger partial charge in [-0.1, -0.05) is 0 Å². The maximum absolute atomic E-state index is 10.6. The fourth-order valence-electron chi connectivity index (χ4n) is 0.766. The summed E-state index contributed by atoms with van der Waals surface area (Å²) in [4.78, 5) is 18.3. The van der Waals surface area contributed by atoms with E-state index < -0.39 is 0 Å². The number of methoxy groups -OCH3 is 1. The maximum Gasteiger partial charge on any atom is 0.316 e. The highest BCUT2D eigenvalue weighted by Crippen LogP contribution is 2.00. The van der Waals surface area contributed by atoms with Gasteiger partial charge in [0.25, 0.3) is 0 Å². The fraction of sp³-hybridized carbons (Fsp3) is 0.375. The molecule has 1 aromatic heterocycles. The second-order valence-corrected chi connectivity index (χ2v) is 2.49. The van der Waals surface area contributed by atoms with Crippen molar-refractivity contribution in [1.82, 2.24) is 15.3 Å². The highest BCUT2D eigenvalue weighted by Gasteiger charge is 1.97. The Bertz CT molecular complexity index is 284. The first kappa shape index (κ1) is 9.44. The van der Waals surface area contributed by atoms with Crippen LogP contribution in [0.2, 0.25) is 0 Å². The summed E-state index contributed by atoms with van der Waals surface area (Å²) in [6, 6.07) is 0.326. The largest absolute Gasteiger partial charge is 0.467 e. The molecule has 0 aliphatic carbocycles. The van der Waals surface area contributed by atoms with Crippen LogP contribution >= 0.6 is 0 Å². The monoisotopic (exact) mass is 181 g/mol. The molecular formula is C8H11N3O2. The SMILES string of the molecule is COc1ncc(CNC(C)=O)cn1. The number of aromatic nitrogens is 2. The molecule has 0 aliphatic rings. The van der Waals surface area contributed by atoms with Gasteiger partial charge in [0, 0.05) is 31.4 Å². The Kier molecular flexibility index (Phi) is 3.19. The average molecular weight is 181 g/mol. The van der Waals surface area contributed by atoms with Crippen molar-refractivity contribution in [2.75, 3.05) is 7.11 Å². The van der Waals surface area contributed by atoms with Gasteiger partial charge in [0.1, 0.15) is 0 Å². The zero-order chi connectivity index (χ0) is 9.68. The van der Waals surface area contributed by atoms with E-state index in [9.17, 15) is 4.79 Å². The number of amides is 1. The molecule has 5 nitrogen and oxygen atoms in total. The van der Waals surface area contributed by atoms with Gasteiger partial charge in [0.15, 0.2) is 0 Å². The summed E-state index contributed by atoms with van der Waals surface area (Å²) in [5, 5.41) is 2.64. The lowest BCUT2D eigenvalue weighted by molar-refractivity contribution is -0.119. The maximum atomic E-state index is 10.6. The normalized spacial score (nSPS) is 9.38. The van der Waals surface area contributed by atoms with Crippen molar-refractivity contribution in [2.24, 2.45) is 0 Å². The van der Waals surface area contributed by atoms with Crippen molar-refractivity contribution in [3.8, 4) is 6.01 Å². The van der Waals surface area contributed by atoms with E-state index in [4.69, 9.17) is 4.74 Å². The topological polar surface area (TPSA) is 64.1 Å². The van der Waals surface area contributed by atoms with Crippen molar-refractivity contribution in [2.45, 2.75) is 13.5 Å². The van der Waals surface area contributed by atoms with Crippen LogP contribution in [0.4, 0.5) is 0 Å². The van der Waals surface area contributed by atoms with Crippen LogP contribution in [0, 0.1) is 0 Å². The summed E-state index contributed by atoms with van der Waals surface area (Å²) < 4.78 is 4.79. The highest BCUT2D eigenvalue weighted by atomic mass is 16.5. The summed E-state index contributed by atoms with van der Waals surface area (Å²) in [6.07, 6.45) is 3.23. The zero-order valence-electron chi connectivity index (χ0n) is 7.57. The van der Waals surface area contributed by atoms with Gasteiger partial charge in [-0.15, -0.1) is 0 Å². The van der Waals surface area contributed by atoms with Gasteiger partial charge in [-0.3, -0.25) is 4.79 Å². The molecule has 70 valence electrons. The van der Waals surface area contributed by atoms with Gasteiger partial charge in [0.05, 0.1) is 7.11 Å². The molecule has 5 heteroatoms. The third kappa shape index (κ3) is 3.06. The molecule has 0 aliphatic heterocycles. The summed E-state index contributed by atoms with van der Waals surface area (Å²) >= 11 is 0. The molecule has 1 rings (SSSR count). The molecule has 0 fully saturated rings. The van der Waals surface area contributed by atoms with Gasteiger partial charge in [-0.25, -0.2) is 9.97 Å². The number of carbonyl (C=O) groups excluding carboxylic acids is 1. The minimum absolute atomic E-state index is 0.0733. The first-order valence-electron chi connectivity index (χ1n) is 3.81. The molecule has 1 aromatic rings. The standard InChI is InChI=1S/C8H11N3O2/c1-6(12)9-3-7-4-10-8(13-2)11-5-7/h4-5H,3H2,1-2H3,(H,9,12). The second kappa shape index (κ2) is 4.39. The van der Waals surface area contributed by atoms with Crippen LogP contribution in [0.3, 0.4) is 0 Å². The molecule has 0 saturated carbocycles. The molecule has 0 radical (unpaired) electrons. The molecule has 0 atom stereocenters. The number of rotatable bonds is 3. The Morgan fingerprint density at radius 1 is 1.54 bits per heavy atom. The van der Waals surface area contributed by atoms with Crippen LogP contribution in [-0.2, 0) is 11.3 Å². The summed E-state index contributed by atoms with van der Waals surface area (Å²) in [6.45, 7) is 1.91. The minimum atomic E-state index is -0.0733. The molecule has 0 spiro atoms. The molecule has 13 heavy (non-hydrogen) atoms. The Morgan fingerprint density at radius 2 is 2.15 bits per heavy atom. The first-order chi connectivity index (χ1) is 6.22. The predicted molar refractivity (Wildman–Crippen MR) is 46.1 cm³/mol. The molecule has 0 unspecified atom stereocenters. The van der Waals surface area contributed by atoms with Crippen molar-refractivity contribution in [3.05, 3.63) is 18.0 Å². The van der Waals surface area contributed by atoms with Gasteiger partial charge < -0.3 is 10.1 Å². The van der Waals surface area contributed by atoms with Crippen molar-refractivity contribution >= 4 is 5.91 Å². The van der Waals surface area contributed by atoms with E-state index in [1.54, 1.807) is 12.4 Å². The lowest BCUT2D eigenvalue weighted by Gasteiger charge is -2.01. The minimum Gasteiger partial charge on any atom is -0.467 e. The first-order valence-corrected chi connectivity index (χ1v) is 3.81. The van der Waals surface area contributed by atoms with E-state index in [1.165, 1.54) is 14.0 Å². The third-order valence-corrected chi connectivity index (χ3v) is 1.41. The number of nitrogens with zero attached hydrogens (tertiary/aromatic N) is 2. The Balaban J connectivity index is 2.54.